The molecule has 0 bridgehead atoms. The van der Waals surface area contributed by atoms with E-state index in [1.165, 1.54) is 19.8 Å². The maximum atomic E-state index is 13.0. The molecule has 0 unspecified atom stereocenters. The molecule has 2 aliphatic rings. The second-order valence-electron chi connectivity index (χ2n) is 10.0. The summed E-state index contributed by atoms with van der Waals surface area (Å²) in [6.07, 6.45) is 4.94. The maximum Gasteiger partial charge on any atom is 0.319 e. The van der Waals surface area contributed by atoms with Crippen LogP contribution in [-0.4, -0.2) is 69.1 Å². The van der Waals surface area contributed by atoms with E-state index in [2.05, 4.69) is 27.7 Å². The molecule has 0 spiro atoms. The predicted molar refractivity (Wildman–Crippen MR) is 145 cm³/mol. The molecule has 2 amide bonds. The highest BCUT2D eigenvalue weighted by Crippen LogP contribution is 2.40. The lowest BCUT2D eigenvalue weighted by Crippen LogP contribution is -2.52. The Hall–Kier alpha value is -2.68. The number of aliphatic hydroxyl groups is 1. The van der Waals surface area contributed by atoms with Crippen LogP contribution in [0.3, 0.4) is 0 Å². The van der Waals surface area contributed by atoms with Crippen molar-refractivity contribution in [3.63, 3.8) is 0 Å². The van der Waals surface area contributed by atoms with Gasteiger partial charge in [-0.05, 0) is 74.7 Å². The lowest BCUT2D eigenvalue weighted by atomic mass is 9.89. The minimum Gasteiger partial charge on any atom is -0.493 e. The number of carbonyl (C=O) groups excluding carboxylic acids is 1. The molecule has 1 saturated carbocycles. The predicted octanol–water partition coefficient (Wildman–Crippen LogP) is 4.58. The molecule has 0 radical (unpaired) electrons. The van der Waals surface area contributed by atoms with Crippen LogP contribution in [0, 0.1) is 11.8 Å². The first kappa shape index (κ1) is 27.4. The molecule has 4 rings (SSSR count). The van der Waals surface area contributed by atoms with Crippen LogP contribution in [-0.2, 0) is 6.42 Å². The van der Waals surface area contributed by atoms with Crippen LogP contribution in [0.2, 0.25) is 5.02 Å². The van der Waals surface area contributed by atoms with Gasteiger partial charge in [-0.3, -0.25) is 4.90 Å². The number of piperidine rings is 1. The minimum absolute atomic E-state index is 0.0352. The van der Waals surface area contributed by atoms with E-state index in [1.54, 1.807) is 19.2 Å². The molecule has 202 valence electrons. The van der Waals surface area contributed by atoms with Crippen molar-refractivity contribution in [3.8, 4) is 17.2 Å². The zero-order valence-electron chi connectivity index (χ0n) is 21.8. The fraction of sp³-hybridized carbons (Fsp3) is 0.536. The summed E-state index contributed by atoms with van der Waals surface area (Å²) >= 11 is 6.03. The van der Waals surface area contributed by atoms with Crippen molar-refractivity contribution < 1.29 is 24.1 Å². The molecule has 2 aromatic rings. The van der Waals surface area contributed by atoms with Gasteiger partial charge < -0.3 is 30.0 Å². The van der Waals surface area contributed by atoms with Gasteiger partial charge in [0.2, 0.25) is 5.75 Å². The van der Waals surface area contributed by atoms with E-state index in [0.29, 0.717) is 28.9 Å². The number of hydrogen-bond donors (Lipinski definition) is 3. The summed E-state index contributed by atoms with van der Waals surface area (Å²) in [5.41, 5.74) is 1.87. The van der Waals surface area contributed by atoms with Crippen molar-refractivity contribution in [1.82, 2.24) is 10.2 Å². The molecule has 0 aromatic heterocycles. The Balaban J connectivity index is 1.36. The summed E-state index contributed by atoms with van der Waals surface area (Å²) in [4.78, 5) is 15.5. The first-order valence-corrected chi connectivity index (χ1v) is 13.3. The Kier molecular flexibility index (Phi) is 9.40. The second kappa shape index (κ2) is 12.7. The zero-order valence-corrected chi connectivity index (χ0v) is 22.6. The summed E-state index contributed by atoms with van der Waals surface area (Å²) in [5, 5.41) is 16.7. The van der Waals surface area contributed by atoms with Crippen LogP contribution in [0.5, 0.6) is 17.2 Å². The number of amides is 2. The van der Waals surface area contributed by atoms with Crippen molar-refractivity contribution >= 4 is 23.3 Å². The molecular weight excluding hydrogens is 494 g/mol. The van der Waals surface area contributed by atoms with Gasteiger partial charge in [-0.25, -0.2) is 4.79 Å². The van der Waals surface area contributed by atoms with E-state index in [-0.39, 0.29) is 30.6 Å². The Morgan fingerprint density at radius 3 is 2.22 bits per heavy atom. The van der Waals surface area contributed by atoms with Gasteiger partial charge >= 0.3 is 6.03 Å². The number of nitrogens with zero attached hydrogens (tertiary/aromatic N) is 1. The van der Waals surface area contributed by atoms with E-state index >= 15 is 0 Å². The Bertz CT molecular complexity index is 1020. The van der Waals surface area contributed by atoms with Gasteiger partial charge in [-0.1, -0.05) is 23.7 Å². The molecule has 2 aromatic carbocycles. The third-order valence-corrected chi connectivity index (χ3v) is 7.93. The number of ether oxygens (including phenoxy) is 3. The average molecular weight is 532 g/mol. The molecule has 1 aliphatic heterocycles. The summed E-state index contributed by atoms with van der Waals surface area (Å²) in [6, 6.07) is 11.4. The topological polar surface area (TPSA) is 92.3 Å². The normalized spacial score (nSPS) is 22.5. The highest BCUT2D eigenvalue weighted by molar-refractivity contribution is 6.30. The summed E-state index contributed by atoms with van der Waals surface area (Å²) in [7, 11) is 4.62. The number of rotatable bonds is 9. The summed E-state index contributed by atoms with van der Waals surface area (Å²) < 4.78 is 16.2. The van der Waals surface area contributed by atoms with Gasteiger partial charge in [0.25, 0.3) is 0 Å². The number of aliphatic hydroxyl groups excluding tert-OH is 1. The molecule has 2 fully saturated rings. The number of methoxy groups -OCH3 is 3. The van der Waals surface area contributed by atoms with E-state index in [4.69, 9.17) is 25.8 Å². The van der Waals surface area contributed by atoms with Crippen LogP contribution in [0.25, 0.3) is 0 Å². The number of nitrogens with one attached hydrogen (secondary N) is 2. The van der Waals surface area contributed by atoms with Crippen molar-refractivity contribution in [2.24, 2.45) is 11.8 Å². The molecule has 1 heterocycles. The molecule has 37 heavy (non-hydrogen) atoms. The molecule has 3 N–H and O–H groups in total. The van der Waals surface area contributed by atoms with Gasteiger partial charge in [0.15, 0.2) is 11.5 Å². The third kappa shape index (κ3) is 6.80. The maximum absolute atomic E-state index is 13.0. The fourth-order valence-electron chi connectivity index (χ4n) is 5.76. The van der Waals surface area contributed by atoms with Gasteiger partial charge in [0.05, 0.1) is 27.0 Å². The highest BCUT2D eigenvalue weighted by Gasteiger charge is 2.39. The lowest BCUT2D eigenvalue weighted by Gasteiger charge is -2.38. The van der Waals surface area contributed by atoms with E-state index in [0.717, 1.165) is 50.2 Å². The smallest absolute Gasteiger partial charge is 0.319 e. The summed E-state index contributed by atoms with van der Waals surface area (Å²) in [5.74, 6) is 2.23. The summed E-state index contributed by atoms with van der Waals surface area (Å²) in [6.45, 7) is 2.12. The van der Waals surface area contributed by atoms with Crippen LogP contribution in [0.1, 0.15) is 31.2 Å². The largest absolute Gasteiger partial charge is 0.493 e. The van der Waals surface area contributed by atoms with Gasteiger partial charge in [0.1, 0.15) is 0 Å². The Morgan fingerprint density at radius 2 is 1.65 bits per heavy atom. The number of anilines is 1. The molecule has 1 saturated heterocycles. The number of benzene rings is 2. The number of halogens is 1. The van der Waals surface area contributed by atoms with Crippen LogP contribution < -0.4 is 24.8 Å². The van der Waals surface area contributed by atoms with Crippen LogP contribution in [0.4, 0.5) is 10.5 Å². The number of carbonyl (C=O) groups is 1. The van der Waals surface area contributed by atoms with Gasteiger partial charge in [-0.2, -0.15) is 0 Å². The SMILES string of the molecule is COc1cc(NC(=O)N[C@@H]2C[C@H](CO)C[C@H]2N2CCC(Cc3ccc(Cl)cc3)CC2)cc(OC)c1OC. The molecule has 9 heteroatoms. The van der Waals surface area contributed by atoms with Gasteiger partial charge in [0, 0.05) is 35.8 Å². The van der Waals surface area contributed by atoms with E-state index in [1.807, 2.05) is 12.1 Å². The third-order valence-electron chi connectivity index (χ3n) is 7.68. The number of likely N-dealkylation sites (tertiary alicyclic amines) is 1. The Morgan fingerprint density at radius 1 is 1.00 bits per heavy atom. The van der Waals surface area contributed by atoms with E-state index < -0.39 is 0 Å². The molecular formula is C28H38ClN3O5. The Labute approximate surface area is 224 Å². The standard InChI is InChI=1S/C28H38ClN3O5/c1-35-25-15-22(16-26(36-2)27(25)37-3)30-28(34)31-23-13-20(17-33)14-24(23)32-10-8-19(9-11-32)12-18-4-6-21(29)7-5-18/h4-7,15-16,19-20,23-24,33H,8-14,17H2,1-3H3,(H2,30,31,34)/t20-,23+,24+/m0/s1. The average Bonchev–Trinajstić information content (AvgIpc) is 3.32. The number of hydrogen-bond acceptors (Lipinski definition) is 6. The van der Waals surface area contributed by atoms with Crippen molar-refractivity contribution in [3.05, 3.63) is 47.0 Å². The van der Waals surface area contributed by atoms with Crippen LogP contribution in [0.15, 0.2) is 36.4 Å². The molecule has 3 atom stereocenters. The first-order chi connectivity index (χ1) is 17.9. The highest BCUT2D eigenvalue weighted by atomic mass is 35.5. The monoisotopic (exact) mass is 531 g/mol. The quantitative estimate of drug-likeness (QED) is 0.438. The fourth-order valence-corrected chi connectivity index (χ4v) is 5.88. The molecule has 8 nitrogen and oxygen atoms in total. The zero-order chi connectivity index (χ0) is 26.4. The van der Waals surface area contributed by atoms with Crippen molar-refractivity contribution in [2.75, 3.05) is 46.3 Å². The lowest BCUT2D eigenvalue weighted by molar-refractivity contribution is 0.115. The van der Waals surface area contributed by atoms with Crippen molar-refractivity contribution in [1.29, 1.82) is 0 Å². The number of urea groups is 1. The second-order valence-corrected chi connectivity index (χ2v) is 10.5. The van der Waals surface area contributed by atoms with E-state index in [9.17, 15) is 9.90 Å². The first-order valence-electron chi connectivity index (χ1n) is 12.9. The molecule has 1 aliphatic carbocycles. The minimum atomic E-state index is -0.291. The van der Waals surface area contributed by atoms with Crippen LogP contribution >= 0.6 is 11.6 Å². The van der Waals surface area contributed by atoms with Crippen molar-refractivity contribution in [2.45, 2.75) is 44.2 Å². The van der Waals surface area contributed by atoms with Gasteiger partial charge in [-0.15, -0.1) is 0 Å².